The lowest BCUT2D eigenvalue weighted by molar-refractivity contribution is 0.556. The molecule has 7 rings (SSSR count). The SMILES string of the molecule is Cc1nn(-c2ccc(Nc3nc(N4CCCCC4)nc(N4CCCCC4)n3)cc2)c2c1C(c1ccccc1Cl)NC(=S)N2. The number of aryl methyl sites for hydroxylation is 1. The first kappa shape index (κ1) is 27.8. The van der Waals surface area contributed by atoms with Crippen LogP contribution in [0.2, 0.25) is 5.02 Å². The summed E-state index contributed by atoms with van der Waals surface area (Å²) in [6, 6.07) is 15.7. The summed E-state index contributed by atoms with van der Waals surface area (Å²) in [5.41, 5.74) is 4.67. The number of rotatable bonds is 6. The normalized spacial score (nSPS) is 18.6. The maximum atomic E-state index is 6.58. The molecule has 0 saturated carbocycles. The Morgan fingerprint density at radius 3 is 2.09 bits per heavy atom. The van der Waals surface area contributed by atoms with E-state index in [9.17, 15) is 0 Å². The van der Waals surface area contributed by atoms with Gasteiger partial charge in [0.05, 0.1) is 17.4 Å². The number of nitrogens with zero attached hydrogens (tertiary/aromatic N) is 7. The Labute approximate surface area is 261 Å². The summed E-state index contributed by atoms with van der Waals surface area (Å²) in [4.78, 5) is 19.2. The number of hydrogen-bond donors (Lipinski definition) is 3. The fourth-order valence-corrected chi connectivity index (χ4v) is 6.64. The van der Waals surface area contributed by atoms with E-state index in [0.717, 1.165) is 72.1 Å². The van der Waals surface area contributed by atoms with Crippen LogP contribution in [0.4, 0.5) is 29.4 Å². The molecule has 2 saturated heterocycles. The molecule has 0 radical (unpaired) electrons. The Kier molecular flexibility index (Phi) is 7.75. The zero-order valence-corrected chi connectivity index (χ0v) is 25.8. The maximum absolute atomic E-state index is 6.58. The highest BCUT2D eigenvalue weighted by Gasteiger charge is 2.31. The number of fused-ring (bicyclic) bond motifs is 1. The summed E-state index contributed by atoms with van der Waals surface area (Å²) in [7, 11) is 0. The lowest BCUT2D eigenvalue weighted by atomic mass is 9.97. The van der Waals surface area contributed by atoms with Crippen LogP contribution in [0, 0.1) is 6.92 Å². The van der Waals surface area contributed by atoms with Crippen molar-refractivity contribution in [3.05, 3.63) is 70.4 Å². The second-order valence-corrected chi connectivity index (χ2v) is 12.2. The molecule has 43 heavy (non-hydrogen) atoms. The fraction of sp³-hybridized carbons (Fsp3) is 0.387. The highest BCUT2D eigenvalue weighted by molar-refractivity contribution is 7.80. The standard InChI is InChI=1S/C31H35ClN10S/c1-20-25-26(23-10-4-5-11-24(23)32)34-31(43)35-27(25)42(39-20)22-14-12-21(13-15-22)33-28-36-29(40-16-6-2-7-17-40)38-30(37-28)41-18-8-3-9-19-41/h4-5,10-15,26H,2-3,6-9,16-19H2,1H3,(H2,34,35,43)(H,33,36,37,38). The Bertz CT molecular complexity index is 1590. The van der Waals surface area contributed by atoms with Crippen LogP contribution in [-0.4, -0.2) is 56.0 Å². The van der Waals surface area contributed by atoms with E-state index in [1.54, 1.807) is 0 Å². The van der Waals surface area contributed by atoms with Gasteiger partial charge in [0.15, 0.2) is 5.11 Å². The fourth-order valence-electron chi connectivity index (χ4n) is 6.18. The summed E-state index contributed by atoms with van der Waals surface area (Å²) in [6.45, 7) is 5.93. The number of halogens is 1. The van der Waals surface area contributed by atoms with E-state index in [1.165, 1.54) is 38.5 Å². The highest BCUT2D eigenvalue weighted by Crippen LogP contribution is 2.38. The Hall–Kier alpha value is -3.96. The Morgan fingerprint density at radius 1 is 0.837 bits per heavy atom. The Morgan fingerprint density at radius 2 is 1.47 bits per heavy atom. The third-order valence-electron chi connectivity index (χ3n) is 8.38. The van der Waals surface area contributed by atoms with Gasteiger partial charge in [0.1, 0.15) is 5.82 Å². The van der Waals surface area contributed by atoms with Gasteiger partial charge in [-0.2, -0.15) is 20.1 Å². The summed E-state index contributed by atoms with van der Waals surface area (Å²) in [6.07, 6.45) is 7.19. The molecular weight excluding hydrogens is 580 g/mol. The van der Waals surface area contributed by atoms with Gasteiger partial charge in [-0.1, -0.05) is 29.8 Å². The van der Waals surface area contributed by atoms with Gasteiger partial charge in [0.25, 0.3) is 0 Å². The number of benzene rings is 2. The third-order valence-corrected chi connectivity index (χ3v) is 8.94. The van der Waals surface area contributed by atoms with Crippen molar-refractivity contribution in [2.45, 2.75) is 51.5 Å². The van der Waals surface area contributed by atoms with E-state index in [2.05, 4.69) is 25.8 Å². The molecule has 12 heteroatoms. The van der Waals surface area contributed by atoms with Gasteiger partial charge in [0.2, 0.25) is 17.8 Å². The lowest BCUT2D eigenvalue weighted by Gasteiger charge is -2.30. The van der Waals surface area contributed by atoms with Crippen molar-refractivity contribution in [1.29, 1.82) is 0 Å². The molecule has 0 bridgehead atoms. The van der Waals surface area contributed by atoms with E-state index in [0.29, 0.717) is 16.1 Å². The van der Waals surface area contributed by atoms with Crippen LogP contribution in [0.1, 0.15) is 61.4 Å². The average molecular weight is 615 g/mol. The van der Waals surface area contributed by atoms with Crippen molar-refractivity contribution < 1.29 is 0 Å². The van der Waals surface area contributed by atoms with Crippen LogP contribution >= 0.6 is 23.8 Å². The molecule has 10 nitrogen and oxygen atoms in total. The second kappa shape index (κ2) is 12.0. The van der Waals surface area contributed by atoms with Crippen molar-refractivity contribution in [3.8, 4) is 5.69 Å². The predicted molar refractivity (Wildman–Crippen MR) is 176 cm³/mol. The number of thiocarbonyl (C=S) groups is 1. The zero-order chi connectivity index (χ0) is 29.3. The molecule has 1 unspecified atom stereocenters. The van der Waals surface area contributed by atoms with Gasteiger partial charge >= 0.3 is 0 Å². The van der Waals surface area contributed by atoms with Gasteiger partial charge in [-0.3, -0.25) is 0 Å². The van der Waals surface area contributed by atoms with Crippen molar-refractivity contribution in [3.63, 3.8) is 0 Å². The maximum Gasteiger partial charge on any atom is 0.233 e. The minimum atomic E-state index is -0.195. The molecule has 5 heterocycles. The van der Waals surface area contributed by atoms with Crippen molar-refractivity contribution >= 4 is 58.3 Å². The monoisotopic (exact) mass is 614 g/mol. The molecule has 0 spiro atoms. The number of hydrogen-bond acceptors (Lipinski definition) is 8. The molecule has 3 N–H and O–H groups in total. The molecule has 2 aromatic heterocycles. The van der Waals surface area contributed by atoms with Gasteiger partial charge in [-0.25, -0.2) is 4.68 Å². The molecule has 0 amide bonds. The first-order chi connectivity index (χ1) is 21.0. The number of nitrogens with one attached hydrogen (secondary N) is 3. The summed E-state index contributed by atoms with van der Waals surface area (Å²) in [5, 5.41) is 16.2. The first-order valence-corrected chi connectivity index (χ1v) is 15.9. The smallest absolute Gasteiger partial charge is 0.233 e. The van der Waals surface area contributed by atoms with Gasteiger partial charge in [-0.05, 0) is 93.6 Å². The van der Waals surface area contributed by atoms with Crippen LogP contribution in [0.3, 0.4) is 0 Å². The largest absolute Gasteiger partial charge is 0.351 e. The topological polar surface area (TPSA) is 99.1 Å². The van der Waals surface area contributed by atoms with Crippen molar-refractivity contribution in [1.82, 2.24) is 30.0 Å². The van der Waals surface area contributed by atoms with Crippen molar-refractivity contribution in [2.75, 3.05) is 46.6 Å². The van der Waals surface area contributed by atoms with E-state index in [1.807, 2.05) is 60.1 Å². The van der Waals surface area contributed by atoms with Crippen LogP contribution in [-0.2, 0) is 0 Å². The van der Waals surface area contributed by atoms with E-state index >= 15 is 0 Å². The molecule has 1 atom stereocenters. The first-order valence-electron chi connectivity index (χ1n) is 15.1. The zero-order valence-electron chi connectivity index (χ0n) is 24.2. The Balaban J connectivity index is 1.17. The molecule has 3 aliphatic rings. The quantitative estimate of drug-likeness (QED) is 0.220. The van der Waals surface area contributed by atoms with Gasteiger partial charge < -0.3 is 25.8 Å². The molecule has 2 aromatic carbocycles. The van der Waals surface area contributed by atoms with Crippen LogP contribution in [0.15, 0.2) is 48.5 Å². The minimum Gasteiger partial charge on any atom is -0.351 e. The number of piperidine rings is 2. The molecule has 3 aliphatic heterocycles. The second-order valence-electron chi connectivity index (χ2n) is 11.3. The molecule has 2 fully saturated rings. The van der Waals surface area contributed by atoms with Gasteiger partial charge in [-0.15, -0.1) is 0 Å². The highest BCUT2D eigenvalue weighted by atomic mass is 35.5. The summed E-state index contributed by atoms with van der Waals surface area (Å²) in [5.74, 6) is 2.92. The third kappa shape index (κ3) is 5.71. The predicted octanol–water partition coefficient (Wildman–Crippen LogP) is 6.13. The molecule has 222 valence electrons. The summed E-state index contributed by atoms with van der Waals surface area (Å²) >= 11 is 12.2. The van der Waals surface area contributed by atoms with E-state index in [4.69, 9.17) is 43.9 Å². The van der Waals surface area contributed by atoms with E-state index in [-0.39, 0.29) is 6.04 Å². The van der Waals surface area contributed by atoms with Crippen LogP contribution in [0.5, 0.6) is 0 Å². The number of aromatic nitrogens is 5. The van der Waals surface area contributed by atoms with Crippen LogP contribution in [0.25, 0.3) is 5.69 Å². The van der Waals surface area contributed by atoms with Gasteiger partial charge in [0, 0.05) is 42.5 Å². The average Bonchev–Trinajstić information content (AvgIpc) is 3.37. The lowest BCUT2D eigenvalue weighted by Crippen LogP contribution is -2.38. The minimum absolute atomic E-state index is 0.195. The molecular formula is C31H35ClN10S. The van der Waals surface area contributed by atoms with Crippen molar-refractivity contribution in [2.24, 2.45) is 0 Å². The number of anilines is 5. The molecule has 4 aromatic rings. The molecule has 0 aliphatic carbocycles. The summed E-state index contributed by atoms with van der Waals surface area (Å²) < 4.78 is 1.90. The van der Waals surface area contributed by atoms with Crippen LogP contribution < -0.4 is 25.8 Å². The van der Waals surface area contributed by atoms with E-state index < -0.39 is 0 Å².